The predicted molar refractivity (Wildman–Crippen MR) is 347 cm³/mol. The maximum Gasteiger partial charge on any atom is 0.417 e. The molecule has 4 aliphatic rings. The van der Waals surface area contributed by atoms with Crippen LogP contribution in [0.5, 0.6) is 11.5 Å². The average molecular weight is 1210 g/mol. The first-order valence-corrected chi connectivity index (χ1v) is 31.9. The Morgan fingerprint density at radius 3 is 1.46 bits per heavy atom. The van der Waals surface area contributed by atoms with E-state index < -0.39 is 47.9 Å². The van der Waals surface area contributed by atoms with Crippen molar-refractivity contribution >= 4 is 41.6 Å². The SMILES string of the molecule is CCCN1CCC[C@@H]2Cc3c(ccc(C)c3OC(=O)Nc3cccc(C[C@H](N)C(=O)OCc4ccccc4)c3)C[C@H]21.CCCN1CCC[C@@H]2Cc3c(ccc(C)c3OC(=O)Nc3cccc(C[C@H](NC(=O)OC(C)(C)C)C(=O)OCc4ccccc4)c3)C[C@H]21. The molecule has 2 aliphatic carbocycles. The van der Waals surface area contributed by atoms with Gasteiger partial charge >= 0.3 is 30.2 Å². The summed E-state index contributed by atoms with van der Waals surface area (Å²) in [7, 11) is 0. The zero-order valence-corrected chi connectivity index (χ0v) is 52.9. The summed E-state index contributed by atoms with van der Waals surface area (Å²) >= 11 is 0. The van der Waals surface area contributed by atoms with Crippen LogP contribution in [0, 0.1) is 25.7 Å². The number of likely N-dealkylation sites (tertiary alicyclic amines) is 2. The molecule has 0 unspecified atom stereocenters. The first-order chi connectivity index (χ1) is 42.9. The molecule has 89 heavy (non-hydrogen) atoms. The van der Waals surface area contributed by atoms with E-state index in [9.17, 15) is 24.0 Å². The lowest BCUT2D eigenvalue weighted by Gasteiger charge is -2.45. The van der Waals surface area contributed by atoms with E-state index in [1.807, 2.05) is 105 Å². The third-order valence-corrected chi connectivity index (χ3v) is 17.3. The Hall–Kier alpha value is -8.05. The molecule has 2 fully saturated rings. The van der Waals surface area contributed by atoms with E-state index in [1.54, 1.807) is 45.0 Å². The zero-order valence-electron chi connectivity index (χ0n) is 52.9. The average Bonchev–Trinajstić information content (AvgIpc) is 2.48. The second-order valence-corrected chi connectivity index (χ2v) is 25.4. The van der Waals surface area contributed by atoms with Crippen LogP contribution in [0.15, 0.2) is 133 Å². The molecule has 0 saturated carbocycles. The van der Waals surface area contributed by atoms with Gasteiger partial charge in [-0.3, -0.25) is 25.2 Å². The van der Waals surface area contributed by atoms with Gasteiger partial charge in [-0.25, -0.2) is 19.2 Å². The molecule has 10 rings (SSSR count). The van der Waals surface area contributed by atoms with Gasteiger partial charge in [-0.1, -0.05) is 123 Å². The van der Waals surface area contributed by atoms with E-state index in [1.165, 1.54) is 55.3 Å². The second-order valence-electron chi connectivity index (χ2n) is 25.4. The number of alkyl carbamates (subject to hydrolysis) is 1. The molecule has 5 N–H and O–H groups in total. The highest BCUT2D eigenvalue weighted by Crippen LogP contribution is 2.42. The minimum Gasteiger partial charge on any atom is -0.460 e. The normalized spacial score (nSPS) is 18.5. The van der Waals surface area contributed by atoms with E-state index in [-0.39, 0.29) is 19.6 Å². The molecule has 2 saturated heterocycles. The number of piperidine rings is 2. The Morgan fingerprint density at radius 2 is 1.00 bits per heavy atom. The standard InChI is InChI=1S/C39H49N3O6.C34H41N3O4/c1-6-19-42-20-11-15-30-23-32-29(24-34(30)42)18-17-26(2)35(32)47-37(44)40-31-16-10-14-28(21-31)22-33(41-38(45)48-39(3,4)5)36(43)46-25-27-12-8-7-9-13-27;1-3-16-37-17-8-12-27-20-29-26(21-31(27)37)15-14-23(2)32(29)41-34(39)36-28-13-7-11-25(18-28)19-30(35)33(38)40-22-24-9-5-4-6-10-24/h7-10,12-14,16-18,21,30,33-34H,6,11,15,19-20,22-25H2,1-5H3,(H,40,44)(H,41,45);4-7,9-11,13-15,18,27,30-31H,3,8,12,16-17,19-22,35H2,1-2H3,(H,36,39)/t30-,33+,34-;27-,30+,31-/m11/s1. The number of rotatable bonds is 19. The summed E-state index contributed by atoms with van der Waals surface area (Å²) in [6, 6.07) is 41.1. The van der Waals surface area contributed by atoms with E-state index in [4.69, 9.17) is 29.4 Å². The molecule has 472 valence electrons. The van der Waals surface area contributed by atoms with E-state index in [2.05, 4.69) is 57.8 Å². The largest absolute Gasteiger partial charge is 0.460 e. The summed E-state index contributed by atoms with van der Waals surface area (Å²) in [5.41, 5.74) is 16.5. The highest BCUT2D eigenvalue weighted by molar-refractivity contribution is 5.88. The Balaban J connectivity index is 0.000000214. The Labute approximate surface area is 525 Å². The monoisotopic (exact) mass is 1210 g/mol. The molecular formula is C73H90N6O10. The third kappa shape index (κ3) is 18.3. The summed E-state index contributed by atoms with van der Waals surface area (Å²) in [5.74, 6) is 1.43. The van der Waals surface area contributed by atoms with Gasteiger partial charge in [0.1, 0.15) is 42.4 Å². The van der Waals surface area contributed by atoms with Crippen molar-refractivity contribution in [2.75, 3.05) is 36.8 Å². The fourth-order valence-corrected chi connectivity index (χ4v) is 13.2. The molecule has 0 bridgehead atoms. The van der Waals surface area contributed by atoms with Gasteiger partial charge in [0.15, 0.2) is 0 Å². The van der Waals surface area contributed by atoms with Crippen molar-refractivity contribution < 1.29 is 47.7 Å². The van der Waals surface area contributed by atoms with E-state index in [0.29, 0.717) is 58.8 Å². The molecule has 3 amide bonds. The fraction of sp³-hybridized carbons (Fsp3) is 0.438. The van der Waals surface area contributed by atoms with Crippen LogP contribution in [0.1, 0.15) is 129 Å². The second kappa shape index (κ2) is 30.9. The van der Waals surface area contributed by atoms with Crippen LogP contribution in [0.3, 0.4) is 0 Å². The number of fused-ring (bicyclic) bond motifs is 4. The molecule has 6 aromatic carbocycles. The van der Waals surface area contributed by atoms with Crippen molar-refractivity contribution in [3.63, 3.8) is 0 Å². The van der Waals surface area contributed by atoms with Crippen LogP contribution in [0.25, 0.3) is 0 Å². The molecule has 6 aromatic rings. The minimum absolute atomic E-state index is 0.0701. The topological polar surface area (TPSA) is 200 Å². The van der Waals surface area contributed by atoms with Crippen molar-refractivity contribution in [2.24, 2.45) is 17.6 Å². The van der Waals surface area contributed by atoms with Gasteiger partial charge in [0.05, 0.1) is 0 Å². The Morgan fingerprint density at radius 1 is 0.551 bits per heavy atom. The van der Waals surface area contributed by atoms with Crippen molar-refractivity contribution in [3.05, 3.63) is 189 Å². The van der Waals surface area contributed by atoms with Gasteiger partial charge in [0, 0.05) is 29.9 Å². The van der Waals surface area contributed by atoms with Crippen LogP contribution in [0.4, 0.5) is 25.8 Å². The number of esters is 2. The lowest BCUT2D eigenvalue weighted by molar-refractivity contribution is -0.147. The number of carbonyl (C=O) groups excluding carboxylic acids is 5. The lowest BCUT2D eigenvalue weighted by Crippen LogP contribution is -2.49. The first kappa shape index (κ1) is 65.4. The quantitative estimate of drug-likeness (QED) is 0.0441. The number of nitrogens with one attached hydrogen (secondary N) is 3. The Bertz CT molecular complexity index is 3380. The summed E-state index contributed by atoms with van der Waals surface area (Å²) in [6.45, 7) is 18.6. The summed E-state index contributed by atoms with van der Waals surface area (Å²) in [4.78, 5) is 69.9. The molecule has 0 radical (unpaired) electrons. The van der Waals surface area contributed by atoms with Crippen LogP contribution in [-0.2, 0) is 75.5 Å². The minimum atomic E-state index is -1.01. The third-order valence-electron chi connectivity index (χ3n) is 17.3. The van der Waals surface area contributed by atoms with Gasteiger partial charge in [-0.2, -0.15) is 0 Å². The number of hydrogen-bond donors (Lipinski definition) is 4. The number of amides is 3. The highest BCUT2D eigenvalue weighted by atomic mass is 16.6. The van der Waals surface area contributed by atoms with Crippen molar-refractivity contribution in [3.8, 4) is 11.5 Å². The summed E-state index contributed by atoms with van der Waals surface area (Å²) in [5, 5.41) is 8.40. The molecule has 16 nitrogen and oxygen atoms in total. The van der Waals surface area contributed by atoms with Gasteiger partial charge in [0.2, 0.25) is 0 Å². The smallest absolute Gasteiger partial charge is 0.417 e. The predicted octanol–water partition coefficient (Wildman–Crippen LogP) is 13.2. The first-order valence-electron chi connectivity index (χ1n) is 31.9. The lowest BCUT2D eigenvalue weighted by atomic mass is 9.74. The number of hydrogen-bond acceptors (Lipinski definition) is 13. The van der Waals surface area contributed by atoms with E-state index >= 15 is 0 Å². The molecule has 0 aromatic heterocycles. The zero-order chi connectivity index (χ0) is 63.0. The molecule has 6 atom stereocenters. The van der Waals surface area contributed by atoms with Gasteiger partial charge in [-0.05, 0) is 223 Å². The summed E-state index contributed by atoms with van der Waals surface area (Å²) < 4.78 is 28.3. The summed E-state index contributed by atoms with van der Waals surface area (Å²) in [6.07, 6.45) is 9.60. The number of anilines is 2. The van der Waals surface area contributed by atoms with Crippen molar-refractivity contribution in [2.45, 2.75) is 168 Å². The van der Waals surface area contributed by atoms with Crippen molar-refractivity contribution in [1.29, 1.82) is 0 Å². The van der Waals surface area contributed by atoms with Crippen LogP contribution >= 0.6 is 0 Å². The number of nitrogens with two attached hydrogens (primary N) is 1. The van der Waals surface area contributed by atoms with Crippen LogP contribution in [0.2, 0.25) is 0 Å². The highest BCUT2D eigenvalue weighted by Gasteiger charge is 2.39. The molecule has 16 heteroatoms. The number of nitrogens with zero attached hydrogens (tertiary/aromatic N) is 2. The van der Waals surface area contributed by atoms with Gasteiger partial charge in [0.25, 0.3) is 0 Å². The Kier molecular flexibility index (Phi) is 22.7. The van der Waals surface area contributed by atoms with Crippen LogP contribution < -0.4 is 31.2 Å². The molecule has 2 heterocycles. The fourth-order valence-electron chi connectivity index (χ4n) is 13.2. The van der Waals surface area contributed by atoms with Crippen molar-refractivity contribution in [1.82, 2.24) is 15.1 Å². The maximum atomic E-state index is 13.3. The number of ether oxygens (including phenoxy) is 5. The van der Waals surface area contributed by atoms with Gasteiger partial charge < -0.3 is 34.7 Å². The number of carbonyl (C=O) groups is 5. The molecular weight excluding hydrogens is 1120 g/mol. The van der Waals surface area contributed by atoms with Gasteiger partial charge in [-0.15, -0.1) is 0 Å². The number of benzene rings is 6. The molecule has 2 aliphatic heterocycles. The van der Waals surface area contributed by atoms with Crippen LogP contribution in [-0.4, -0.2) is 96.0 Å². The molecule has 0 spiro atoms. The maximum absolute atomic E-state index is 13.3. The van der Waals surface area contributed by atoms with E-state index in [0.717, 1.165) is 85.1 Å². The number of aryl methyl sites for hydroxylation is 2.